The van der Waals surface area contributed by atoms with E-state index >= 15 is 0 Å². The first-order valence-corrected chi connectivity index (χ1v) is 13.1. The van der Waals surface area contributed by atoms with Crippen LogP contribution in [0.1, 0.15) is 54.2 Å². The number of carbonyl (C=O) groups is 1. The third kappa shape index (κ3) is 5.90. The molecule has 5 rings (SSSR count). The quantitative estimate of drug-likeness (QED) is 0.536. The number of nitrogens with zero attached hydrogens (tertiary/aromatic N) is 4. The van der Waals surface area contributed by atoms with Crippen molar-refractivity contribution in [2.24, 2.45) is 0 Å². The van der Waals surface area contributed by atoms with Crippen LogP contribution in [0.15, 0.2) is 61.2 Å². The fourth-order valence-corrected chi connectivity index (χ4v) is 5.36. The van der Waals surface area contributed by atoms with E-state index in [4.69, 9.17) is 4.74 Å². The van der Waals surface area contributed by atoms with Crippen molar-refractivity contribution in [3.05, 3.63) is 83.7 Å². The molecule has 0 spiro atoms. The van der Waals surface area contributed by atoms with Gasteiger partial charge in [-0.2, -0.15) is 0 Å². The van der Waals surface area contributed by atoms with Gasteiger partial charge in [0.1, 0.15) is 5.82 Å². The van der Waals surface area contributed by atoms with Crippen molar-refractivity contribution in [1.29, 1.82) is 0 Å². The second-order valence-electron chi connectivity index (χ2n) is 10.2. The largest absolute Gasteiger partial charge is 0.391 e. The highest BCUT2D eigenvalue weighted by atomic mass is 19.1. The Balaban J connectivity index is 1.42. The van der Waals surface area contributed by atoms with E-state index in [1.807, 2.05) is 33.9 Å². The smallest absolute Gasteiger partial charge is 0.253 e. The summed E-state index contributed by atoms with van der Waals surface area (Å²) >= 11 is 0. The number of halogens is 1. The molecule has 38 heavy (non-hydrogen) atoms. The summed E-state index contributed by atoms with van der Waals surface area (Å²) in [6, 6.07) is 11.6. The van der Waals surface area contributed by atoms with Gasteiger partial charge in [0.15, 0.2) is 0 Å². The molecule has 198 valence electrons. The molecular formula is C30H33FN4O3. The van der Waals surface area contributed by atoms with Gasteiger partial charge in [0.25, 0.3) is 5.91 Å². The highest BCUT2D eigenvalue weighted by molar-refractivity contribution is 5.95. The third-order valence-corrected chi connectivity index (χ3v) is 7.22. The normalized spacial score (nSPS) is 23.9. The molecule has 3 aromatic rings. The lowest BCUT2D eigenvalue weighted by molar-refractivity contribution is -0.00523. The molecule has 2 aliphatic heterocycles. The summed E-state index contributed by atoms with van der Waals surface area (Å²) in [7, 11) is 0. The van der Waals surface area contributed by atoms with Crippen LogP contribution >= 0.6 is 0 Å². The number of hydrogen-bond acceptors (Lipinski definition) is 5. The van der Waals surface area contributed by atoms with Gasteiger partial charge in [-0.05, 0) is 69.2 Å². The van der Waals surface area contributed by atoms with Crippen molar-refractivity contribution in [3.8, 4) is 11.8 Å². The third-order valence-electron chi connectivity index (χ3n) is 7.22. The van der Waals surface area contributed by atoms with E-state index in [0.717, 1.165) is 24.3 Å². The number of imidazole rings is 1. The maximum absolute atomic E-state index is 13.6. The second kappa shape index (κ2) is 11.4. The molecule has 4 atom stereocenters. The standard InChI is InChI=1S/C30H33FN4O3/c1-21-18-35(19-22(2)38-21)27-10-7-25(17-24(27)6-3-23-4-8-26(31)9-5-23)30(37)33-14-11-28(29(36)12-15-33)34-16-13-32-20-34/h4-5,7-10,13,16-17,20-22,28-29,36H,11-12,14-15,18-19H2,1-2H3/t21-,22+,28?,29-/m0/s1. The highest BCUT2D eigenvalue weighted by Crippen LogP contribution is 2.28. The van der Waals surface area contributed by atoms with Crippen molar-refractivity contribution in [1.82, 2.24) is 14.5 Å². The van der Waals surface area contributed by atoms with Gasteiger partial charge in [-0.15, -0.1) is 0 Å². The maximum Gasteiger partial charge on any atom is 0.253 e. The summed E-state index contributed by atoms with van der Waals surface area (Å²) in [6.07, 6.45) is 6.00. The molecule has 2 saturated heterocycles. The summed E-state index contributed by atoms with van der Waals surface area (Å²) in [5.41, 5.74) is 2.95. The molecule has 2 aliphatic rings. The predicted molar refractivity (Wildman–Crippen MR) is 143 cm³/mol. The molecule has 1 N–H and O–H groups in total. The maximum atomic E-state index is 13.6. The number of aliphatic hydroxyl groups is 1. The molecule has 1 amide bonds. The lowest BCUT2D eigenvalue weighted by Gasteiger charge is -2.37. The van der Waals surface area contributed by atoms with Gasteiger partial charge in [-0.25, -0.2) is 9.37 Å². The van der Waals surface area contributed by atoms with E-state index in [-0.39, 0.29) is 30.0 Å². The highest BCUT2D eigenvalue weighted by Gasteiger charge is 2.29. The van der Waals surface area contributed by atoms with Crippen molar-refractivity contribution in [3.63, 3.8) is 0 Å². The zero-order chi connectivity index (χ0) is 26.6. The average Bonchev–Trinajstić information content (AvgIpc) is 3.36. The Hall–Kier alpha value is -3.67. The molecule has 0 saturated carbocycles. The summed E-state index contributed by atoms with van der Waals surface area (Å²) in [6.45, 7) is 6.56. The van der Waals surface area contributed by atoms with E-state index in [1.165, 1.54) is 12.1 Å². The van der Waals surface area contributed by atoms with Crippen LogP contribution in [0.3, 0.4) is 0 Å². The first kappa shape index (κ1) is 26.0. The van der Waals surface area contributed by atoms with E-state index in [0.29, 0.717) is 37.1 Å². The van der Waals surface area contributed by atoms with Gasteiger partial charge in [-0.3, -0.25) is 4.79 Å². The minimum absolute atomic E-state index is 0.0740. The molecule has 0 radical (unpaired) electrons. The molecular weight excluding hydrogens is 483 g/mol. The van der Waals surface area contributed by atoms with Crippen LogP contribution in [0.25, 0.3) is 0 Å². The SMILES string of the molecule is C[C@@H]1CN(c2ccc(C(=O)N3CCC(n4ccnc4)[C@@H](O)CC3)cc2C#Cc2ccc(F)cc2)C[C@H](C)O1. The Morgan fingerprint density at radius 3 is 2.50 bits per heavy atom. The number of hydrogen-bond donors (Lipinski definition) is 1. The van der Waals surface area contributed by atoms with Crippen LogP contribution in [-0.2, 0) is 4.74 Å². The molecule has 7 nitrogen and oxygen atoms in total. The first-order chi connectivity index (χ1) is 18.4. The Morgan fingerprint density at radius 2 is 1.79 bits per heavy atom. The minimum Gasteiger partial charge on any atom is -0.391 e. The second-order valence-corrected chi connectivity index (χ2v) is 10.2. The molecule has 8 heteroatoms. The number of amides is 1. The summed E-state index contributed by atoms with van der Waals surface area (Å²) < 4.78 is 21.2. The van der Waals surface area contributed by atoms with Crippen molar-refractivity contribution in [2.45, 2.75) is 51.0 Å². The zero-order valence-corrected chi connectivity index (χ0v) is 21.8. The van der Waals surface area contributed by atoms with Gasteiger partial charge in [0.2, 0.25) is 0 Å². The van der Waals surface area contributed by atoms with Crippen LogP contribution in [0.4, 0.5) is 10.1 Å². The van der Waals surface area contributed by atoms with Gasteiger partial charge < -0.3 is 24.2 Å². The van der Waals surface area contributed by atoms with E-state index in [9.17, 15) is 14.3 Å². The number of benzene rings is 2. The Labute approximate surface area is 222 Å². The first-order valence-electron chi connectivity index (χ1n) is 13.1. The summed E-state index contributed by atoms with van der Waals surface area (Å²) in [4.78, 5) is 21.8. The van der Waals surface area contributed by atoms with Crippen LogP contribution in [0.5, 0.6) is 0 Å². The molecule has 1 aromatic heterocycles. The molecule has 0 bridgehead atoms. The molecule has 0 aliphatic carbocycles. The topological polar surface area (TPSA) is 70.8 Å². The number of likely N-dealkylation sites (tertiary alicyclic amines) is 1. The van der Waals surface area contributed by atoms with Gasteiger partial charge in [0, 0.05) is 55.3 Å². The number of aliphatic hydroxyl groups excluding tert-OH is 1. The number of anilines is 1. The van der Waals surface area contributed by atoms with Gasteiger partial charge in [0.05, 0.1) is 36.4 Å². The fraction of sp³-hybridized carbons (Fsp3) is 0.400. The number of morpholine rings is 1. The number of ether oxygens (including phenoxy) is 1. The Kier molecular flexibility index (Phi) is 7.77. The van der Waals surface area contributed by atoms with Crippen molar-refractivity contribution >= 4 is 11.6 Å². The van der Waals surface area contributed by atoms with Gasteiger partial charge >= 0.3 is 0 Å². The van der Waals surface area contributed by atoms with E-state index in [1.54, 1.807) is 24.7 Å². The molecule has 1 unspecified atom stereocenters. The number of carbonyl (C=O) groups excluding carboxylic acids is 1. The molecule has 3 heterocycles. The minimum atomic E-state index is -0.549. The van der Waals surface area contributed by atoms with Gasteiger partial charge in [-0.1, -0.05) is 11.8 Å². The zero-order valence-electron chi connectivity index (χ0n) is 21.8. The Morgan fingerprint density at radius 1 is 1.05 bits per heavy atom. The number of aromatic nitrogens is 2. The van der Waals surface area contributed by atoms with Crippen LogP contribution in [-0.4, -0.2) is 70.0 Å². The van der Waals surface area contributed by atoms with E-state index < -0.39 is 6.10 Å². The molecule has 2 aromatic carbocycles. The Bertz CT molecular complexity index is 1310. The fourth-order valence-electron chi connectivity index (χ4n) is 5.36. The van der Waals surface area contributed by atoms with Crippen LogP contribution in [0.2, 0.25) is 0 Å². The summed E-state index contributed by atoms with van der Waals surface area (Å²) in [5.74, 6) is 5.99. The predicted octanol–water partition coefficient (Wildman–Crippen LogP) is 3.87. The number of rotatable bonds is 3. The van der Waals surface area contributed by atoms with Crippen molar-refractivity contribution in [2.75, 3.05) is 31.1 Å². The monoisotopic (exact) mass is 516 g/mol. The summed E-state index contributed by atoms with van der Waals surface area (Å²) in [5, 5.41) is 10.7. The van der Waals surface area contributed by atoms with Crippen LogP contribution in [0, 0.1) is 17.7 Å². The lowest BCUT2D eigenvalue weighted by atomic mass is 10.0. The van der Waals surface area contributed by atoms with Crippen molar-refractivity contribution < 1.29 is 19.0 Å². The molecule has 2 fully saturated rings. The van der Waals surface area contributed by atoms with E-state index in [2.05, 4.69) is 35.6 Å². The van der Waals surface area contributed by atoms with Crippen LogP contribution < -0.4 is 4.90 Å². The lowest BCUT2D eigenvalue weighted by Crippen LogP contribution is -2.45. The average molecular weight is 517 g/mol.